The minimum absolute atomic E-state index is 0.112. The minimum Gasteiger partial charge on any atom is -0.493 e. The van der Waals surface area contributed by atoms with Crippen LogP contribution in [-0.4, -0.2) is 50.6 Å². The third-order valence-electron chi connectivity index (χ3n) is 4.29. The van der Waals surface area contributed by atoms with Gasteiger partial charge in [0.1, 0.15) is 5.56 Å². The first-order chi connectivity index (χ1) is 13.3. The van der Waals surface area contributed by atoms with Crippen LogP contribution in [0.25, 0.3) is 0 Å². The molecule has 0 aliphatic rings. The van der Waals surface area contributed by atoms with Gasteiger partial charge < -0.3 is 19.7 Å². The van der Waals surface area contributed by atoms with Crippen LogP contribution < -0.4 is 14.8 Å². The molecule has 0 saturated carbocycles. The van der Waals surface area contributed by atoms with Gasteiger partial charge in [0.15, 0.2) is 11.5 Å². The predicted octanol–water partition coefficient (Wildman–Crippen LogP) is 3.30. The molecule has 0 saturated heterocycles. The highest BCUT2D eigenvalue weighted by Gasteiger charge is 2.26. The van der Waals surface area contributed by atoms with Crippen LogP contribution in [0.2, 0.25) is 5.02 Å². The largest absolute Gasteiger partial charge is 0.493 e. The summed E-state index contributed by atoms with van der Waals surface area (Å²) >= 11 is 6.28. The van der Waals surface area contributed by atoms with Gasteiger partial charge in [0.25, 0.3) is 11.6 Å². The molecule has 0 aliphatic carbocycles. The Morgan fingerprint density at radius 3 is 2.36 bits per heavy atom. The van der Waals surface area contributed by atoms with E-state index in [1.54, 1.807) is 6.07 Å². The summed E-state index contributed by atoms with van der Waals surface area (Å²) in [5.41, 5.74) is 0.366. The summed E-state index contributed by atoms with van der Waals surface area (Å²) in [6, 6.07) is 9.59. The molecule has 0 heterocycles. The zero-order valence-electron chi connectivity index (χ0n) is 16.1. The lowest BCUT2D eigenvalue weighted by atomic mass is 10.1. The number of halogens is 1. The molecule has 1 amide bonds. The molecule has 8 nitrogen and oxygen atoms in total. The Hall–Kier alpha value is -2.84. The Morgan fingerprint density at radius 2 is 1.82 bits per heavy atom. The van der Waals surface area contributed by atoms with Gasteiger partial charge in [0, 0.05) is 17.6 Å². The van der Waals surface area contributed by atoms with E-state index in [1.807, 2.05) is 37.2 Å². The van der Waals surface area contributed by atoms with Gasteiger partial charge in [0.2, 0.25) is 0 Å². The quantitative estimate of drug-likeness (QED) is 0.533. The summed E-state index contributed by atoms with van der Waals surface area (Å²) in [4.78, 5) is 25.4. The highest BCUT2D eigenvalue weighted by atomic mass is 35.5. The van der Waals surface area contributed by atoms with E-state index in [2.05, 4.69) is 5.32 Å². The number of nitrogens with one attached hydrogen (secondary N) is 1. The number of benzene rings is 2. The molecule has 0 bridgehead atoms. The van der Waals surface area contributed by atoms with Crippen molar-refractivity contribution in [2.45, 2.75) is 6.04 Å². The molecule has 2 aromatic rings. The maximum atomic E-state index is 12.7. The Kier molecular flexibility index (Phi) is 7.19. The van der Waals surface area contributed by atoms with E-state index < -0.39 is 10.8 Å². The number of amides is 1. The summed E-state index contributed by atoms with van der Waals surface area (Å²) < 4.78 is 10.2. The van der Waals surface area contributed by atoms with Gasteiger partial charge in [-0.05, 0) is 25.7 Å². The molecule has 0 radical (unpaired) electrons. The molecule has 2 aromatic carbocycles. The molecule has 28 heavy (non-hydrogen) atoms. The summed E-state index contributed by atoms with van der Waals surface area (Å²) in [5, 5.41) is 14.7. The number of nitro groups is 1. The number of carbonyl (C=O) groups excluding carboxylic acids is 1. The van der Waals surface area contributed by atoms with E-state index in [4.69, 9.17) is 21.1 Å². The SMILES string of the molecule is COc1cc(C(=O)NCC(c2ccccc2Cl)N(C)C)c([N+](=O)[O-])cc1OC. The fraction of sp³-hybridized carbons (Fsp3) is 0.316. The molecular weight excluding hydrogens is 386 g/mol. The number of carbonyl (C=O) groups is 1. The first kappa shape index (κ1) is 21.5. The van der Waals surface area contributed by atoms with Gasteiger partial charge >= 0.3 is 0 Å². The Morgan fingerprint density at radius 1 is 1.21 bits per heavy atom. The van der Waals surface area contributed by atoms with Crippen molar-refractivity contribution in [3.63, 3.8) is 0 Å². The number of hydrogen-bond acceptors (Lipinski definition) is 6. The van der Waals surface area contributed by atoms with Crippen LogP contribution in [0.5, 0.6) is 11.5 Å². The second-order valence-electron chi connectivity index (χ2n) is 6.19. The molecule has 2 rings (SSSR count). The van der Waals surface area contributed by atoms with Crippen molar-refractivity contribution in [3.05, 3.63) is 62.7 Å². The first-order valence-corrected chi connectivity index (χ1v) is 8.77. The average molecular weight is 408 g/mol. The molecular formula is C19H22ClN3O5. The maximum absolute atomic E-state index is 12.7. The van der Waals surface area contributed by atoms with Gasteiger partial charge in [-0.15, -0.1) is 0 Å². The number of methoxy groups -OCH3 is 2. The van der Waals surface area contributed by atoms with Crippen molar-refractivity contribution in [2.75, 3.05) is 34.9 Å². The van der Waals surface area contributed by atoms with Gasteiger partial charge in [-0.25, -0.2) is 0 Å². The fourth-order valence-corrected chi connectivity index (χ4v) is 3.06. The van der Waals surface area contributed by atoms with Crippen LogP contribution in [-0.2, 0) is 0 Å². The lowest BCUT2D eigenvalue weighted by Crippen LogP contribution is -2.35. The number of likely N-dealkylation sites (N-methyl/N-ethyl adjacent to an activating group) is 1. The molecule has 0 aromatic heterocycles. The van der Waals surface area contributed by atoms with Crippen LogP contribution in [0.1, 0.15) is 22.0 Å². The summed E-state index contributed by atoms with van der Waals surface area (Å²) in [7, 11) is 6.48. The zero-order chi connectivity index (χ0) is 20.8. The standard InChI is InChI=1S/C19H22ClN3O5/c1-22(2)16(12-7-5-6-8-14(12)20)11-21-19(24)13-9-17(27-3)18(28-4)10-15(13)23(25)26/h5-10,16H,11H2,1-4H3,(H,21,24). The molecule has 150 valence electrons. The van der Waals surface area contributed by atoms with Crippen molar-refractivity contribution in [1.29, 1.82) is 0 Å². The molecule has 1 N–H and O–H groups in total. The van der Waals surface area contributed by atoms with Crippen molar-refractivity contribution in [1.82, 2.24) is 10.2 Å². The Labute approximate surface area is 168 Å². The van der Waals surface area contributed by atoms with Crippen LogP contribution in [0.15, 0.2) is 36.4 Å². The number of hydrogen-bond donors (Lipinski definition) is 1. The maximum Gasteiger partial charge on any atom is 0.286 e. The average Bonchev–Trinajstić information content (AvgIpc) is 2.67. The van der Waals surface area contributed by atoms with Gasteiger partial charge in [-0.2, -0.15) is 0 Å². The van der Waals surface area contributed by atoms with Crippen LogP contribution in [0.3, 0.4) is 0 Å². The van der Waals surface area contributed by atoms with E-state index in [9.17, 15) is 14.9 Å². The number of rotatable bonds is 8. The van der Waals surface area contributed by atoms with Crippen molar-refractivity contribution in [3.8, 4) is 11.5 Å². The monoisotopic (exact) mass is 407 g/mol. The normalized spacial score (nSPS) is 11.8. The van der Waals surface area contributed by atoms with E-state index >= 15 is 0 Å². The van der Waals surface area contributed by atoms with E-state index in [0.29, 0.717) is 5.02 Å². The zero-order valence-corrected chi connectivity index (χ0v) is 16.8. The van der Waals surface area contributed by atoms with Crippen molar-refractivity contribution in [2.24, 2.45) is 0 Å². The molecule has 1 atom stereocenters. The molecule has 1 unspecified atom stereocenters. The molecule has 0 aliphatic heterocycles. The topological polar surface area (TPSA) is 93.9 Å². The molecule has 0 fully saturated rings. The van der Waals surface area contributed by atoms with Crippen molar-refractivity contribution < 1.29 is 19.2 Å². The van der Waals surface area contributed by atoms with Gasteiger partial charge in [0.05, 0.1) is 31.3 Å². The Bertz CT molecular complexity index is 873. The first-order valence-electron chi connectivity index (χ1n) is 8.39. The van der Waals surface area contributed by atoms with Crippen LogP contribution >= 0.6 is 11.6 Å². The third-order valence-corrected chi connectivity index (χ3v) is 4.63. The summed E-state index contributed by atoms with van der Waals surface area (Å²) in [6.07, 6.45) is 0. The van der Waals surface area contributed by atoms with E-state index in [1.165, 1.54) is 26.4 Å². The highest BCUT2D eigenvalue weighted by molar-refractivity contribution is 6.31. The lowest BCUT2D eigenvalue weighted by Gasteiger charge is -2.26. The summed E-state index contributed by atoms with van der Waals surface area (Å²) in [6.45, 7) is 0.209. The second kappa shape index (κ2) is 9.38. The van der Waals surface area contributed by atoms with E-state index in [0.717, 1.165) is 5.56 Å². The van der Waals surface area contributed by atoms with E-state index in [-0.39, 0.29) is 35.3 Å². The molecule has 9 heteroatoms. The van der Waals surface area contributed by atoms with Crippen LogP contribution in [0.4, 0.5) is 5.69 Å². The van der Waals surface area contributed by atoms with Gasteiger partial charge in [-0.3, -0.25) is 14.9 Å². The van der Waals surface area contributed by atoms with Crippen LogP contribution in [0, 0.1) is 10.1 Å². The number of nitro benzene ring substituents is 1. The lowest BCUT2D eigenvalue weighted by molar-refractivity contribution is -0.385. The smallest absolute Gasteiger partial charge is 0.286 e. The summed E-state index contributed by atoms with van der Waals surface area (Å²) in [5.74, 6) is -0.187. The van der Waals surface area contributed by atoms with Gasteiger partial charge in [-0.1, -0.05) is 29.8 Å². The fourth-order valence-electron chi connectivity index (χ4n) is 2.80. The third kappa shape index (κ3) is 4.71. The van der Waals surface area contributed by atoms with Crippen molar-refractivity contribution >= 4 is 23.2 Å². The minimum atomic E-state index is -0.631. The Balaban J connectivity index is 2.31. The predicted molar refractivity (Wildman–Crippen MR) is 106 cm³/mol. The molecule has 0 spiro atoms. The number of ether oxygens (including phenoxy) is 2. The highest BCUT2D eigenvalue weighted by Crippen LogP contribution is 2.34. The number of nitrogens with zero attached hydrogens (tertiary/aromatic N) is 2. The second-order valence-corrected chi connectivity index (χ2v) is 6.60.